The van der Waals surface area contributed by atoms with Crippen molar-refractivity contribution < 1.29 is 9.53 Å². The van der Waals surface area contributed by atoms with Crippen molar-refractivity contribution in [2.45, 2.75) is 6.92 Å². The van der Waals surface area contributed by atoms with Crippen LogP contribution < -0.4 is 5.73 Å². The van der Waals surface area contributed by atoms with Crippen molar-refractivity contribution in [3.05, 3.63) is 30.5 Å². The summed E-state index contributed by atoms with van der Waals surface area (Å²) in [6, 6.07) is 1.50. The third kappa shape index (κ3) is 2.22. The monoisotopic (exact) mass is 233 g/mol. The molecule has 0 aromatic carbocycles. The number of pyridine rings is 1. The topological polar surface area (TPSA) is 95.9 Å². The van der Waals surface area contributed by atoms with Crippen LogP contribution >= 0.6 is 0 Å². The molecule has 0 aliphatic carbocycles. The van der Waals surface area contributed by atoms with Gasteiger partial charge in [-0.2, -0.15) is 5.10 Å². The number of anilines is 1. The zero-order valence-electron chi connectivity index (χ0n) is 9.20. The lowest BCUT2D eigenvalue weighted by Gasteiger charge is -2.07. The fraction of sp³-hybridized carbons (Fsp3) is 0.200. The van der Waals surface area contributed by atoms with Gasteiger partial charge in [-0.3, -0.25) is 0 Å². The lowest BCUT2D eigenvalue weighted by Crippen LogP contribution is -2.12. The number of rotatable bonds is 3. The minimum atomic E-state index is -0.488. The number of hydrogen-bond acceptors (Lipinski definition) is 6. The molecule has 88 valence electrons. The largest absolute Gasteiger partial charge is 0.462 e. The molecule has 7 heteroatoms. The van der Waals surface area contributed by atoms with Crippen LogP contribution in [0.4, 0.5) is 5.69 Å². The number of esters is 1. The molecule has 0 bridgehead atoms. The second kappa shape index (κ2) is 4.60. The quantitative estimate of drug-likeness (QED) is 0.772. The van der Waals surface area contributed by atoms with Gasteiger partial charge in [0.05, 0.1) is 18.5 Å². The normalized spacial score (nSPS) is 10.2. The molecular formula is C10H11N5O2. The summed E-state index contributed by atoms with van der Waals surface area (Å²) in [6.45, 7) is 2.01. The predicted octanol–water partition coefficient (Wildman–Crippen LogP) is 0.421. The molecular weight excluding hydrogens is 222 g/mol. The lowest BCUT2D eigenvalue weighted by atomic mass is 10.2. The summed E-state index contributed by atoms with van der Waals surface area (Å²) in [7, 11) is 0. The highest BCUT2D eigenvalue weighted by atomic mass is 16.5. The number of carbonyl (C=O) groups excluding carboxylic acids is 1. The first-order valence-corrected chi connectivity index (χ1v) is 5.00. The maximum absolute atomic E-state index is 11.7. The Bertz CT molecular complexity index is 523. The van der Waals surface area contributed by atoms with E-state index in [0.29, 0.717) is 11.5 Å². The van der Waals surface area contributed by atoms with Crippen molar-refractivity contribution in [3.8, 4) is 5.82 Å². The summed E-state index contributed by atoms with van der Waals surface area (Å²) in [5, 5.41) is 3.91. The Morgan fingerprint density at radius 1 is 1.59 bits per heavy atom. The summed E-state index contributed by atoms with van der Waals surface area (Å²) in [5.74, 6) is -0.145. The van der Waals surface area contributed by atoms with Crippen LogP contribution in [0.15, 0.2) is 24.9 Å². The molecule has 0 unspecified atom stereocenters. The fourth-order valence-corrected chi connectivity index (χ4v) is 1.33. The van der Waals surface area contributed by atoms with E-state index in [9.17, 15) is 4.79 Å². The number of ether oxygens (including phenoxy) is 1. The molecule has 0 saturated heterocycles. The van der Waals surface area contributed by atoms with E-state index in [1.54, 1.807) is 6.92 Å². The fourth-order valence-electron chi connectivity index (χ4n) is 1.33. The molecule has 0 spiro atoms. The Balaban J connectivity index is 2.48. The standard InChI is InChI=1S/C10H11N5O2/c1-2-17-10(16)8-3-7(11)4-13-9(8)15-6-12-5-14-15/h3-6H,2,11H2,1H3. The van der Waals surface area contributed by atoms with E-state index in [2.05, 4.69) is 15.1 Å². The van der Waals surface area contributed by atoms with Gasteiger partial charge < -0.3 is 10.5 Å². The van der Waals surface area contributed by atoms with Gasteiger partial charge in [-0.15, -0.1) is 0 Å². The molecule has 0 radical (unpaired) electrons. The summed E-state index contributed by atoms with van der Waals surface area (Å²) in [6.07, 6.45) is 4.24. The number of hydrogen-bond donors (Lipinski definition) is 1. The number of nitrogen functional groups attached to an aromatic ring is 1. The first-order chi connectivity index (χ1) is 8.22. The molecule has 2 N–H and O–H groups in total. The van der Waals surface area contributed by atoms with Gasteiger partial charge in [0.2, 0.25) is 0 Å². The predicted molar refractivity (Wildman–Crippen MR) is 59.5 cm³/mol. The van der Waals surface area contributed by atoms with Crippen LogP contribution in [0.25, 0.3) is 5.82 Å². The SMILES string of the molecule is CCOC(=O)c1cc(N)cnc1-n1cncn1. The first-order valence-electron chi connectivity index (χ1n) is 5.00. The van der Waals surface area contributed by atoms with Crippen LogP contribution in [-0.4, -0.2) is 32.3 Å². The maximum Gasteiger partial charge on any atom is 0.342 e. The van der Waals surface area contributed by atoms with E-state index >= 15 is 0 Å². The van der Waals surface area contributed by atoms with Crippen molar-refractivity contribution in [3.63, 3.8) is 0 Å². The molecule has 0 aliphatic rings. The van der Waals surface area contributed by atoms with Gasteiger partial charge in [-0.1, -0.05) is 0 Å². The summed E-state index contributed by atoms with van der Waals surface area (Å²) < 4.78 is 6.31. The van der Waals surface area contributed by atoms with Gasteiger partial charge in [0.1, 0.15) is 18.2 Å². The maximum atomic E-state index is 11.7. The van der Waals surface area contributed by atoms with Crippen LogP contribution in [0, 0.1) is 0 Å². The molecule has 2 aromatic heterocycles. The van der Waals surface area contributed by atoms with Crippen LogP contribution in [-0.2, 0) is 4.74 Å². The molecule has 0 fully saturated rings. The van der Waals surface area contributed by atoms with Crippen molar-refractivity contribution in [1.82, 2.24) is 19.7 Å². The molecule has 7 nitrogen and oxygen atoms in total. The highest BCUT2D eigenvalue weighted by Crippen LogP contribution is 2.15. The molecule has 2 aromatic rings. The summed E-state index contributed by atoms with van der Waals surface area (Å²) >= 11 is 0. The van der Waals surface area contributed by atoms with E-state index in [0.717, 1.165) is 0 Å². The molecule has 0 saturated carbocycles. The number of carbonyl (C=O) groups is 1. The second-order valence-corrected chi connectivity index (χ2v) is 3.20. The number of nitrogens with zero attached hydrogens (tertiary/aromatic N) is 4. The number of aromatic nitrogens is 4. The molecule has 0 amide bonds. The van der Waals surface area contributed by atoms with Gasteiger partial charge in [0.15, 0.2) is 5.82 Å². The minimum Gasteiger partial charge on any atom is -0.462 e. The minimum absolute atomic E-state index is 0.261. The highest BCUT2D eigenvalue weighted by Gasteiger charge is 2.16. The van der Waals surface area contributed by atoms with Gasteiger partial charge in [-0.05, 0) is 13.0 Å². The third-order valence-electron chi connectivity index (χ3n) is 2.02. The van der Waals surface area contributed by atoms with E-state index in [1.165, 1.54) is 29.6 Å². The average Bonchev–Trinajstić information content (AvgIpc) is 2.82. The van der Waals surface area contributed by atoms with E-state index in [1.807, 2.05) is 0 Å². The lowest BCUT2D eigenvalue weighted by molar-refractivity contribution is 0.0526. The Labute approximate surface area is 97.2 Å². The Kier molecular flexibility index (Phi) is 2.99. The van der Waals surface area contributed by atoms with E-state index in [4.69, 9.17) is 10.5 Å². The van der Waals surface area contributed by atoms with E-state index in [-0.39, 0.29) is 12.2 Å². The second-order valence-electron chi connectivity index (χ2n) is 3.20. The average molecular weight is 233 g/mol. The van der Waals surface area contributed by atoms with Crippen LogP contribution in [0.3, 0.4) is 0 Å². The van der Waals surface area contributed by atoms with Crippen molar-refractivity contribution in [2.75, 3.05) is 12.3 Å². The van der Waals surface area contributed by atoms with Crippen LogP contribution in [0.1, 0.15) is 17.3 Å². The molecule has 17 heavy (non-hydrogen) atoms. The number of nitrogens with two attached hydrogens (primary N) is 1. The first kappa shape index (κ1) is 11.1. The van der Waals surface area contributed by atoms with Crippen molar-refractivity contribution >= 4 is 11.7 Å². The summed E-state index contributed by atoms with van der Waals surface area (Å²) in [5.41, 5.74) is 6.25. The Morgan fingerprint density at radius 2 is 2.41 bits per heavy atom. The highest BCUT2D eigenvalue weighted by molar-refractivity contribution is 5.93. The molecule has 2 rings (SSSR count). The zero-order chi connectivity index (χ0) is 12.3. The van der Waals surface area contributed by atoms with Crippen molar-refractivity contribution in [2.24, 2.45) is 0 Å². The molecule has 0 aliphatic heterocycles. The van der Waals surface area contributed by atoms with Crippen molar-refractivity contribution in [1.29, 1.82) is 0 Å². The summed E-state index contributed by atoms with van der Waals surface area (Å²) in [4.78, 5) is 19.6. The van der Waals surface area contributed by atoms with Gasteiger partial charge in [0, 0.05) is 0 Å². The van der Waals surface area contributed by atoms with Crippen LogP contribution in [0.2, 0.25) is 0 Å². The smallest absolute Gasteiger partial charge is 0.342 e. The molecule has 0 atom stereocenters. The molecule has 2 heterocycles. The Hall–Kier alpha value is -2.44. The third-order valence-corrected chi connectivity index (χ3v) is 2.02. The Morgan fingerprint density at radius 3 is 3.06 bits per heavy atom. The zero-order valence-corrected chi connectivity index (χ0v) is 9.20. The van der Waals surface area contributed by atoms with Gasteiger partial charge in [-0.25, -0.2) is 19.4 Å². The van der Waals surface area contributed by atoms with E-state index < -0.39 is 5.97 Å². The van der Waals surface area contributed by atoms with Gasteiger partial charge in [0.25, 0.3) is 0 Å². The van der Waals surface area contributed by atoms with Crippen LogP contribution in [0.5, 0.6) is 0 Å². The van der Waals surface area contributed by atoms with Gasteiger partial charge >= 0.3 is 5.97 Å².